The minimum absolute atomic E-state index is 0.00503. The van der Waals surface area contributed by atoms with Crippen LogP contribution in [0.1, 0.15) is 6.92 Å². The number of hydrogen-bond donors (Lipinski definition) is 4. The molecular weight excluding hydrogens is 344 g/mol. The maximum atomic E-state index is 11.1. The fourth-order valence-corrected chi connectivity index (χ4v) is 2.41. The molecule has 0 saturated heterocycles. The van der Waals surface area contributed by atoms with Gasteiger partial charge in [0.25, 0.3) is 0 Å². The number of rotatable bonds is 5. The molecule has 1 unspecified atom stereocenters. The SMILES string of the molecule is CC(Nc1nc(Nc2cc(Cl)ccc2O)nc2ccccc12)C(=O)O. The van der Waals surface area contributed by atoms with Gasteiger partial charge in [0.15, 0.2) is 0 Å². The predicted octanol–water partition coefficient (Wildman–Crippen LogP) is 3.62. The van der Waals surface area contributed by atoms with Crippen LogP contribution < -0.4 is 10.6 Å². The van der Waals surface area contributed by atoms with Crippen molar-refractivity contribution < 1.29 is 15.0 Å². The van der Waals surface area contributed by atoms with Gasteiger partial charge in [-0.25, -0.2) is 4.98 Å². The summed E-state index contributed by atoms with van der Waals surface area (Å²) in [5, 5.41) is 25.9. The van der Waals surface area contributed by atoms with Gasteiger partial charge >= 0.3 is 5.97 Å². The van der Waals surface area contributed by atoms with Crippen LogP contribution in [0.3, 0.4) is 0 Å². The van der Waals surface area contributed by atoms with Crippen LogP contribution in [0, 0.1) is 0 Å². The molecule has 0 saturated carbocycles. The normalized spacial score (nSPS) is 11.9. The second kappa shape index (κ2) is 6.82. The number of aromatic nitrogens is 2. The summed E-state index contributed by atoms with van der Waals surface area (Å²) in [6, 6.07) is 11.0. The molecule has 3 aromatic rings. The fraction of sp³-hybridized carbons (Fsp3) is 0.118. The second-order valence-corrected chi connectivity index (χ2v) is 5.84. The summed E-state index contributed by atoms with van der Waals surface area (Å²) in [4.78, 5) is 19.9. The Morgan fingerprint density at radius 1 is 1.20 bits per heavy atom. The number of benzene rings is 2. The third-order valence-corrected chi connectivity index (χ3v) is 3.77. The van der Waals surface area contributed by atoms with E-state index in [1.54, 1.807) is 24.3 Å². The first-order valence-electron chi connectivity index (χ1n) is 7.45. The van der Waals surface area contributed by atoms with Gasteiger partial charge in [-0.1, -0.05) is 23.7 Å². The molecule has 0 amide bonds. The lowest BCUT2D eigenvalue weighted by atomic mass is 10.2. The van der Waals surface area contributed by atoms with Crippen LogP contribution in [0.5, 0.6) is 5.75 Å². The number of aromatic hydroxyl groups is 1. The van der Waals surface area contributed by atoms with Gasteiger partial charge in [-0.3, -0.25) is 4.79 Å². The van der Waals surface area contributed by atoms with Crippen LogP contribution >= 0.6 is 11.6 Å². The largest absolute Gasteiger partial charge is 0.506 e. The number of phenols is 1. The number of carbonyl (C=O) groups is 1. The van der Waals surface area contributed by atoms with E-state index in [1.165, 1.54) is 13.0 Å². The zero-order chi connectivity index (χ0) is 18.0. The van der Waals surface area contributed by atoms with E-state index >= 15 is 0 Å². The fourth-order valence-electron chi connectivity index (χ4n) is 2.24. The number of phenolic OH excluding ortho intramolecular Hbond substituents is 1. The van der Waals surface area contributed by atoms with Crippen molar-refractivity contribution in [3.63, 3.8) is 0 Å². The van der Waals surface area contributed by atoms with Gasteiger partial charge in [-0.2, -0.15) is 4.98 Å². The number of nitrogens with zero attached hydrogens (tertiary/aromatic N) is 2. The number of para-hydroxylation sites is 1. The third-order valence-electron chi connectivity index (χ3n) is 3.53. The molecule has 1 atom stereocenters. The van der Waals surface area contributed by atoms with Crippen LogP contribution in [0.2, 0.25) is 5.02 Å². The third kappa shape index (κ3) is 3.72. The summed E-state index contributed by atoms with van der Waals surface area (Å²) in [7, 11) is 0. The Bertz CT molecular complexity index is 948. The maximum Gasteiger partial charge on any atom is 0.325 e. The van der Waals surface area contributed by atoms with E-state index in [1.807, 2.05) is 12.1 Å². The van der Waals surface area contributed by atoms with E-state index in [9.17, 15) is 9.90 Å². The molecule has 0 radical (unpaired) electrons. The molecule has 1 heterocycles. The summed E-state index contributed by atoms with van der Waals surface area (Å²) < 4.78 is 0. The molecule has 0 aliphatic carbocycles. The van der Waals surface area contributed by atoms with Crippen LogP contribution in [0.15, 0.2) is 42.5 Å². The monoisotopic (exact) mass is 358 g/mol. The lowest BCUT2D eigenvalue weighted by Crippen LogP contribution is -2.26. The molecule has 8 heteroatoms. The molecule has 25 heavy (non-hydrogen) atoms. The molecule has 128 valence electrons. The molecular formula is C17H15ClN4O3. The topological polar surface area (TPSA) is 107 Å². The molecule has 3 rings (SSSR count). The summed E-state index contributed by atoms with van der Waals surface area (Å²) >= 11 is 5.94. The minimum Gasteiger partial charge on any atom is -0.506 e. The number of anilines is 3. The lowest BCUT2D eigenvalue weighted by Gasteiger charge is -2.14. The van der Waals surface area contributed by atoms with Crippen molar-refractivity contribution in [2.24, 2.45) is 0 Å². The number of carboxylic acids is 1. The first-order chi connectivity index (χ1) is 11.9. The van der Waals surface area contributed by atoms with Gasteiger partial charge in [-0.05, 0) is 37.3 Å². The molecule has 0 spiro atoms. The zero-order valence-electron chi connectivity index (χ0n) is 13.2. The van der Waals surface area contributed by atoms with E-state index in [0.717, 1.165) is 0 Å². The maximum absolute atomic E-state index is 11.1. The number of carboxylic acid groups (broad SMARTS) is 1. The van der Waals surface area contributed by atoms with E-state index in [2.05, 4.69) is 20.6 Å². The van der Waals surface area contributed by atoms with Crippen LogP contribution in [-0.2, 0) is 4.79 Å². The van der Waals surface area contributed by atoms with Crippen LogP contribution in [0.25, 0.3) is 10.9 Å². The summed E-state index contributed by atoms with van der Waals surface area (Å²) in [6.07, 6.45) is 0. The Hall–Kier alpha value is -3.06. The van der Waals surface area contributed by atoms with Crippen molar-refractivity contribution in [1.82, 2.24) is 9.97 Å². The standard InChI is InChI=1S/C17H15ClN4O3/c1-9(16(24)25)19-15-11-4-2-3-5-12(11)20-17(22-15)21-13-8-10(18)6-7-14(13)23/h2-9,23H,1H3,(H,24,25)(H2,19,20,21,22). The highest BCUT2D eigenvalue weighted by Crippen LogP contribution is 2.30. The number of fused-ring (bicyclic) bond motifs is 1. The highest BCUT2D eigenvalue weighted by molar-refractivity contribution is 6.31. The van der Waals surface area contributed by atoms with Gasteiger partial charge < -0.3 is 20.8 Å². The van der Waals surface area contributed by atoms with E-state index in [0.29, 0.717) is 27.4 Å². The molecule has 0 aliphatic rings. The summed E-state index contributed by atoms with van der Waals surface area (Å²) in [5.74, 6) is -0.417. The van der Waals surface area contributed by atoms with Crippen molar-refractivity contribution in [2.75, 3.05) is 10.6 Å². The first kappa shape index (κ1) is 16.8. The molecule has 2 aromatic carbocycles. The van der Waals surface area contributed by atoms with Gasteiger partial charge in [0, 0.05) is 10.4 Å². The molecule has 7 nitrogen and oxygen atoms in total. The number of aliphatic carboxylic acids is 1. The van der Waals surface area contributed by atoms with E-state index in [-0.39, 0.29) is 11.7 Å². The number of hydrogen-bond acceptors (Lipinski definition) is 6. The Morgan fingerprint density at radius 2 is 1.96 bits per heavy atom. The molecule has 0 fully saturated rings. The highest BCUT2D eigenvalue weighted by atomic mass is 35.5. The zero-order valence-corrected chi connectivity index (χ0v) is 13.9. The Labute approximate surface area is 148 Å². The van der Waals surface area contributed by atoms with Crippen molar-refractivity contribution in [2.45, 2.75) is 13.0 Å². The second-order valence-electron chi connectivity index (χ2n) is 5.40. The highest BCUT2D eigenvalue weighted by Gasteiger charge is 2.15. The predicted molar refractivity (Wildman–Crippen MR) is 96.7 cm³/mol. The van der Waals surface area contributed by atoms with E-state index in [4.69, 9.17) is 16.7 Å². The Balaban J connectivity index is 2.04. The number of nitrogens with one attached hydrogen (secondary N) is 2. The van der Waals surface area contributed by atoms with Gasteiger partial charge in [-0.15, -0.1) is 0 Å². The van der Waals surface area contributed by atoms with Crippen LogP contribution in [0.4, 0.5) is 17.5 Å². The summed E-state index contributed by atoms with van der Waals surface area (Å²) in [5.41, 5.74) is 0.974. The summed E-state index contributed by atoms with van der Waals surface area (Å²) in [6.45, 7) is 1.52. The Morgan fingerprint density at radius 3 is 2.72 bits per heavy atom. The smallest absolute Gasteiger partial charge is 0.325 e. The van der Waals surface area contributed by atoms with Crippen molar-refractivity contribution >= 4 is 45.9 Å². The van der Waals surface area contributed by atoms with Crippen molar-refractivity contribution in [3.05, 3.63) is 47.5 Å². The van der Waals surface area contributed by atoms with Gasteiger partial charge in [0.2, 0.25) is 5.95 Å². The van der Waals surface area contributed by atoms with Crippen molar-refractivity contribution in [1.29, 1.82) is 0 Å². The Kier molecular flexibility index (Phi) is 4.58. The lowest BCUT2D eigenvalue weighted by molar-refractivity contribution is -0.137. The molecule has 1 aromatic heterocycles. The first-order valence-corrected chi connectivity index (χ1v) is 7.83. The van der Waals surface area contributed by atoms with Crippen LogP contribution in [-0.4, -0.2) is 32.2 Å². The van der Waals surface area contributed by atoms with E-state index < -0.39 is 12.0 Å². The minimum atomic E-state index is -0.996. The number of halogens is 1. The molecule has 0 aliphatic heterocycles. The van der Waals surface area contributed by atoms with Crippen molar-refractivity contribution in [3.8, 4) is 5.75 Å². The van der Waals surface area contributed by atoms with Gasteiger partial charge in [0.1, 0.15) is 17.6 Å². The average molecular weight is 359 g/mol. The molecule has 4 N–H and O–H groups in total. The average Bonchev–Trinajstić information content (AvgIpc) is 2.58. The quantitative estimate of drug-likeness (QED) is 0.516. The molecule has 0 bridgehead atoms. The van der Waals surface area contributed by atoms with Gasteiger partial charge in [0.05, 0.1) is 11.2 Å².